The van der Waals surface area contributed by atoms with Crippen LogP contribution in [0.1, 0.15) is 29.5 Å². The van der Waals surface area contributed by atoms with Crippen LogP contribution in [0.2, 0.25) is 5.02 Å². The molecule has 2 bridgehead atoms. The number of amides is 1. The first-order valence-electron chi connectivity index (χ1n) is 11.3. The molecule has 2 aromatic rings. The summed E-state index contributed by atoms with van der Waals surface area (Å²) in [5, 5.41) is 0.360. The molecule has 0 aliphatic carbocycles. The van der Waals surface area contributed by atoms with Crippen molar-refractivity contribution in [1.29, 1.82) is 0 Å². The van der Waals surface area contributed by atoms with Gasteiger partial charge in [0, 0.05) is 56.9 Å². The lowest BCUT2D eigenvalue weighted by atomic mass is 10.1. The number of hydrogen-bond acceptors (Lipinski definition) is 4. The third-order valence-corrected chi connectivity index (χ3v) is 8.86. The van der Waals surface area contributed by atoms with Crippen LogP contribution >= 0.6 is 11.6 Å². The predicted molar refractivity (Wildman–Crippen MR) is 131 cm³/mol. The summed E-state index contributed by atoms with van der Waals surface area (Å²) in [6.07, 6.45) is 4.92. The fraction of sp³-hybridized carbons (Fsp3) is 0.400. The van der Waals surface area contributed by atoms with Crippen LogP contribution in [0.5, 0.6) is 0 Å². The van der Waals surface area contributed by atoms with Crippen molar-refractivity contribution in [2.75, 3.05) is 27.2 Å². The lowest BCUT2D eigenvalue weighted by molar-refractivity contribution is -0.131. The van der Waals surface area contributed by atoms with E-state index in [1.165, 1.54) is 38.4 Å². The van der Waals surface area contributed by atoms with E-state index < -0.39 is 10.0 Å². The van der Waals surface area contributed by atoms with Gasteiger partial charge in [0.15, 0.2) is 0 Å². The van der Waals surface area contributed by atoms with Gasteiger partial charge in [-0.1, -0.05) is 23.7 Å². The highest BCUT2D eigenvalue weighted by atomic mass is 35.5. The van der Waals surface area contributed by atoms with E-state index in [4.69, 9.17) is 11.6 Å². The second-order valence-electron chi connectivity index (χ2n) is 9.21. The molecule has 2 unspecified atom stereocenters. The molecule has 0 spiro atoms. The molecule has 0 N–H and O–H groups in total. The normalized spacial score (nSPS) is 21.1. The molecule has 0 radical (unpaired) electrons. The molecule has 0 saturated carbocycles. The summed E-state index contributed by atoms with van der Waals surface area (Å²) >= 11 is 6.20. The molecule has 2 fully saturated rings. The second-order valence-corrected chi connectivity index (χ2v) is 11.7. The maximum Gasteiger partial charge on any atom is 0.247 e. The standard InChI is InChI=1S/C25H29ClFN3O3S/c1-17-12-19(24(13-23(17)26)34(32,33)28(2)3)6-11-25(31)30-21-9-10-22(30)16-29(15-21)14-18-4-7-20(27)8-5-18/h4-8,11-13,21-22H,9-10,14-16H2,1-3H3/b11-6+. The van der Waals surface area contributed by atoms with Gasteiger partial charge in [0.2, 0.25) is 15.9 Å². The minimum absolute atomic E-state index is 0.0734. The zero-order valence-electron chi connectivity index (χ0n) is 19.5. The molecule has 0 aromatic heterocycles. The first-order valence-corrected chi connectivity index (χ1v) is 13.1. The molecule has 2 aliphatic heterocycles. The number of fused-ring (bicyclic) bond motifs is 2. The van der Waals surface area contributed by atoms with Gasteiger partial charge in [0.1, 0.15) is 5.82 Å². The number of carbonyl (C=O) groups is 1. The Morgan fingerprint density at radius 2 is 1.76 bits per heavy atom. The number of likely N-dealkylation sites (tertiary alicyclic amines) is 1. The van der Waals surface area contributed by atoms with Crippen LogP contribution in [0.25, 0.3) is 6.08 Å². The van der Waals surface area contributed by atoms with Gasteiger partial charge in [0.05, 0.1) is 4.90 Å². The van der Waals surface area contributed by atoms with Gasteiger partial charge in [-0.3, -0.25) is 9.69 Å². The molecular formula is C25H29ClFN3O3S. The van der Waals surface area contributed by atoms with Crippen LogP contribution in [-0.2, 0) is 21.4 Å². The average Bonchev–Trinajstić information content (AvgIpc) is 3.06. The van der Waals surface area contributed by atoms with Crippen LogP contribution in [0.4, 0.5) is 4.39 Å². The van der Waals surface area contributed by atoms with Gasteiger partial charge in [-0.25, -0.2) is 17.1 Å². The van der Waals surface area contributed by atoms with E-state index in [0.29, 0.717) is 10.6 Å². The van der Waals surface area contributed by atoms with Crippen molar-refractivity contribution in [3.63, 3.8) is 0 Å². The Bertz CT molecular complexity index is 1200. The molecule has 2 aromatic carbocycles. The lowest BCUT2D eigenvalue weighted by Crippen LogP contribution is -2.55. The van der Waals surface area contributed by atoms with E-state index >= 15 is 0 Å². The number of rotatable bonds is 6. The van der Waals surface area contributed by atoms with Crippen LogP contribution in [0.3, 0.4) is 0 Å². The molecular weight excluding hydrogens is 477 g/mol. The van der Waals surface area contributed by atoms with E-state index in [1.807, 2.05) is 4.90 Å². The summed E-state index contributed by atoms with van der Waals surface area (Å²) in [6.45, 7) is 4.04. The smallest absolute Gasteiger partial charge is 0.247 e. The summed E-state index contributed by atoms with van der Waals surface area (Å²) in [5.74, 6) is -0.363. The number of halogens is 2. The van der Waals surface area contributed by atoms with E-state index in [2.05, 4.69) is 4.90 Å². The van der Waals surface area contributed by atoms with Gasteiger partial charge >= 0.3 is 0 Å². The molecule has 4 rings (SSSR count). The quantitative estimate of drug-likeness (QED) is 0.558. The summed E-state index contributed by atoms with van der Waals surface area (Å²) < 4.78 is 39.9. The van der Waals surface area contributed by atoms with Crippen molar-refractivity contribution in [2.24, 2.45) is 0 Å². The van der Waals surface area contributed by atoms with E-state index in [0.717, 1.165) is 47.9 Å². The maximum atomic E-state index is 13.2. The van der Waals surface area contributed by atoms with E-state index in [9.17, 15) is 17.6 Å². The summed E-state index contributed by atoms with van der Waals surface area (Å²) in [4.78, 5) is 17.5. The Labute approximate surface area is 205 Å². The van der Waals surface area contributed by atoms with Gasteiger partial charge in [-0.05, 0) is 66.8 Å². The Morgan fingerprint density at radius 1 is 1.15 bits per heavy atom. The molecule has 1 amide bonds. The average molecular weight is 506 g/mol. The number of benzene rings is 2. The zero-order valence-corrected chi connectivity index (χ0v) is 21.1. The Kier molecular flexibility index (Phi) is 7.14. The van der Waals surface area contributed by atoms with E-state index in [-0.39, 0.29) is 28.7 Å². The molecule has 2 saturated heterocycles. The molecule has 9 heteroatoms. The zero-order chi connectivity index (χ0) is 24.6. The molecule has 2 heterocycles. The first kappa shape index (κ1) is 24.9. The number of carbonyl (C=O) groups excluding carboxylic acids is 1. The van der Waals surface area contributed by atoms with Crippen molar-refractivity contribution in [1.82, 2.24) is 14.1 Å². The third kappa shape index (κ3) is 5.05. The summed E-state index contributed by atoms with van der Waals surface area (Å²) in [6, 6.07) is 9.87. The number of hydrogen-bond donors (Lipinski definition) is 0. The molecule has 2 aliphatic rings. The summed E-state index contributed by atoms with van der Waals surface area (Å²) in [7, 11) is -0.800. The Morgan fingerprint density at radius 3 is 2.35 bits per heavy atom. The highest BCUT2D eigenvalue weighted by molar-refractivity contribution is 7.89. The van der Waals surface area contributed by atoms with Crippen LogP contribution in [0, 0.1) is 12.7 Å². The topological polar surface area (TPSA) is 60.9 Å². The van der Waals surface area contributed by atoms with Gasteiger partial charge in [0.25, 0.3) is 0 Å². The van der Waals surface area contributed by atoms with Crippen molar-refractivity contribution in [3.05, 3.63) is 70.0 Å². The van der Waals surface area contributed by atoms with E-state index in [1.54, 1.807) is 31.2 Å². The van der Waals surface area contributed by atoms with Gasteiger partial charge in [-0.2, -0.15) is 0 Å². The first-order chi connectivity index (χ1) is 16.1. The van der Waals surface area contributed by atoms with Crippen molar-refractivity contribution < 1.29 is 17.6 Å². The van der Waals surface area contributed by atoms with Crippen molar-refractivity contribution in [2.45, 2.75) is 43.3 Å². The van der Waals surface area contributed by atoms with Crippen molar-refractivity contribution >= 4 is 33.6 Å². The number of aryl methyl sites for hydroxylation is 1. The monoisotopic (exact) mass is 505 g/mol. The molecule has 34 heavy (non-hydrogen) atoms. The highest BCUT2D eigenvalue weighted by Crippen LogP contribution is 2.32. The third-order valence-electron chi connectivity index (χ3n) is 6.59. The van der Waals surface area contributed by atoms with Crippen LogP contribution < -0.4 is 0 Å². The molecule has 182 valence electrons. The van der Waals surface area contributed by atoms with Gasteiger partial charge in [-0.15, -0.1) is 0 Å². The number of piperazine rings is 1. The fourth-order valence-electron chi connectivity index (χ4n) is 4.81. The SMILES string of the molecule is Cc1cc(/C=C/C(=O)N2C3CCC2CN(Cc2ccc(F)cc2)C3)c(S(=O)(=O)N(C)C)cc1Cl. The number of nitrogens with zero attached hydrogens (tertiary/aromatic N) is 3. The second kappa shape index (κ2) is 9.77. The predicted octanol–water partition coefficient (Wildman–Crippen LogP) is 3.93. The largest absolute Gasteiger partial charge is 0.331 e. The highest BCUT2D eigenvalue weighted by Gasteiger charge is 2.41. The molecule has 2 atom stereocenters. The number of sulfonamides is 1. The lowest BCUT2D eigenvalue weighted by Gasteiger charge is -2.40. The Balaban J connectivity index is 1.50. The minimum Gasteiger partial charge on any atom is -0.331 e. The Hall–Kier alpha value is -2.26. The summed E-state index contributed by atoms with van der Waals surface area (Å²) in [5.41, 5.74) is 2.22. The van der Waals surface area contributed by atoms with Crippen LogP contribution in [0.15, 0.2) is 47.4 Å². The minimum atomic E-state index is -3.73. The van der Waals surface area contributed by atoms with Gasteiger partial charge < -0.3 is 4.90 Å². The van der Waals surface area contributed by atoms with Crippen molar-refractivity contribution in [3.8, 4) is 0 Å². The van der Waals surface area contributed by atoms with Crippen LogP contribution in [-0.4, -0.2) is 67.7 Å². The fourth-order valence-corrected chi connectivity index (χ4v) is 6.12. The maximum absolute atomic E-state index is 13.2. The molecule has 6 nitrogen and oxygen atoms in total.